The van der Waals surface area contributed by atoms with E-state index >= 15 is 0 Å². The summed E-state index contributed by atoms with van der Waals surface area (Å²) in [5, 5.41) is 10.8. The van der Waals surface area contributed by atoms with Gasteiger partial charge in [0.15, 0.2) is 0 Å². The lowest BCUT2D eigenvalue weighted by Gasteiger charge is -2.33. The van der Waals surface area contributed by atoms with Gasteiger partial charge < -0.3 is 20.9 Å². The minimum atomic E-state index is -4.45. The van der Waals surface area contributed by atoms with Crippen LogP contribution in [0.1, 0.15) is 33.4 Å². The summed E-state index contributed by atoms with van der Waals surface area (Å²) in [6.07, 6.45) is -2.78. The van der Waals surface area contributed by atoms with Gasteiger partial charge in [0.25, 0.3) is 0 Å². The first-order valence-corrected chi connectivity index (χ1v) is 12.0. The maximum Gasteiger partial charge on any atom is 0.416 e. The molecule has 9 heteroatoms. The molecule has 0 radical (unpaired) electrons. The number of alkyl halides is 3. The molecule has 0 unspecified atom stereocenters. The molecule has 0 spiro atoms. The molecular weight excluding hydrogens is 477 g/mol. The second kappa shape index (κ2) is 10.7. The number of aromatic amines is 1. The molecule has 1 saturated heterocycles. The molecule has 6 nitrogen and oxygen atoms in total. The minimum absolute atomic E-state index is 0.114. The summed E-state index contributed by atoms with van der Waals surface area (Å²) in [5.74, 6) is 6.63. The van der Waals surface area contributed by atoms with Crippen LogP contribution < -0.4 is 11.1 Å². The zero-order chi connectivity index (χ0) is 26.7. The number of H-pyrrole nitrogens is 1. The molecule has 3 aromatic rings. The fourth-order valence-electron chi connectivity index (χ4n) is 4.47. The summed E-state index contributed by atoms with van der Waals surface area (Å²) in [5.41, 5.74) is 9.18. The highest BCUT2D eigenvalue weighted by Crippen LogP contribution is 2.36. The molecule has 4 rings (SSSR count). The smallest absolute Gasteiger partial charge is 0.384 e. The first-order valence-electron chi connectivity index (χ1n) is 12.0. The number of aryl methyl sites for hydroxylation is 1. The number of nitrogens with two attached hydrogens (primary N) is 1. The fraction of sp³-hybridized carbons (Fsp3) is 0.321. The van der Waals surface area contributed by atoms with Gasteiger partial charge in [-0.15, -0.1) is 0 Å². The molecule has 1 aromatic heterocycles. The average molecular weight is 509 g/mol. The van der Waals surface area contributed by atoms with Gasteiger partial charge in [-0.1, -0.05) is 36.1 Å². The average Bonchev–Trinajstić information content (AvgIpc) is 3.28. The van der Waals surface area contributed by atoms with Gasteiger partial charge in [-0.3, -0.25) is 10.3 Å². The molecule has 0 amide bonds. The number of likely N-dealkylation sites (N-methyl/N-ethyl adjacent to an activating group) is 1. The normalized spacial score (nSPS) is 14.8. The van der Waals surface area contributed by atoms with Gasteiger partial charge in [0.05, 0.1) is 16.7 Å². The van der Waals surface area contributed by atoms with Crippen LogP contribution >= 0.6 is 0 Å². The maximum absolute atomic E-state index is 14.1. The standard InChI is InChI=1S/C28H31F3N6/c1-18-4-5-20(14-19(18)6-8-22-16-35-27(34-2)25(22)26(32)33)21-7-9-23(24(15-21)28(29,30)31)17-37-12-10-36(3)11-13-37/h4-5,7,9,14-16,34-35H,10-13,17H2,1-3H3,(H3,32,33). The number of anilines is 1. The van der Waals surface area contributed by atoms with E-state index in [4.69, 9.17) is 11.1 Å². The molecule has 2 heterocycles. The van der Waals surface area contributed by atoms with E-state index < -0.39 is 11.7 Å². The van der Waals surface area contributed by atoms with Crippen molar-refractivity contribution >= 4 is 11.7 Å². The summed E-state index contributed by atoms with van der Waals surface area (Å²) in [6, 6.07) is 10.1. The van der Waals surface area contributed by atoms with E-state index in [9.17, 15) is 13.2 Å². The summed E-state index contributed by atoms with van der Waals surface area (Å²) in [4.78, 5) is 7.25. The quantitative estimate of drug-likeness (QED) is 0.233. The SMILES string of the molecule is CNc1[nH]cc(C#Cc2cc(-c3ccc(CN4CCN(C)CC4)c(C(F)(F)F)c3)ccc2C)c1C(=N)N. The highest BCUT2D eigenvalue weighted by molar-refractivity contribution is 6.02. The topological polar surface area (TPSA) is 84.2 Å². The Hall–Kier alpha value is -3.74. The zero-order valence-corrected chi connectivity index (χ0v) is 21.2. The minimum Gasteiger partial charge on any atom is -0.384 e. The maximum atomic E-state index is 14.1. The largest absolute Gasteiger partial charge is 0.416 e. The van der Waals surface area contributed by atoms with Crippen molar-refractivity contribution in [3.05, 3.63) is 76.0 Å². The number of piperazine rings is 1. The summed E-state index contributed by atoms with van der Waals surface area (Å²) < 4.78 is 42.2. The van der Waals surface area contributed by atoms with Crippen molar-refractivity contribution < 1.29 is 13.2 Å². The van der Waals surface area contributed by atoms with Gasteiger partial charge in [-0.2, -0.15) is 13.2 Å². The first-order chi connectivity index (χ1) is 17.6. The molecule has 0 aliphatic carbocycles. The lowest BCUT2D eigenvalue weighted by atomic mass is 9.95. The Morgan fingerprint density at radius 3 is 2.35 bits per heavy atom. The van der Waals surface area contributed by atoms with Gasteiger partial charge in [0, 0.05) is 51.5 Å². The Morgan fingerprint density at radius 2 is 1.70 bits per heavy atom. The van der Waals surface area contributed by atoms with E-state index in [1.54, 1.807) is 31.4 Å². The molecule has 5 N–H and O–H groups in total. The third kappa shape index (κ3) is 5.98. The van der Waals surface area contributed by atoms with Crippen LogP contribution in [0.2, 0.25) is 0 Å². The second-order valence-corrected chi connectivity index (χ2v) is 9.34. The van der Waals surface area contributed by atoms with Crippen molar-refractivity contribution in [3.63, 3.8) is 0 Å². The third-order valence-corrected chi connectivity index (χ3v) is 6.71. The molecule has 2 aromatic carbocycles. The Morgan fingerprint density at radius 1 is 1.05 bits per heavy atom. The number of amidine groups is 1. The van der Waals surface area contributed by atoms with Crippen molar-refractivity contribution in [2.24, 2.45) is 5.73 Å². The Kier molecular flexibility index (Phi) is 7.62. The number of aromatic nitrogens is 1. The summed E-state index contributed by atoms with van der Waals surface area (Å²) >= 11 is 0. The van der Waals surface area contributed by atoms with Crippen molar-refractivity contribution in [1.29, 1.82) is 5.41 Å². The van der Waals surface area contributed by atoms with Crippen LogP contribution in [0, 0.1) is 24.2 Å². The lowest BCUT2D eigenvalue weighted by molar-refractivity contribution is -0.138. The Balaban J connectivity index is 1.66. The predicted octanol–water partition coefficient (Wildman–Crippen LogP) is 4.48. The number of rotatable bonds is 5. The van der Waals surface area contributed by atoms with Gasteiger partial charge >= 0.3 is 6.18 Å². The van der Waals surface area contributed by atoms with Crippen molar-refractivity contribution in [2.45, 2.75) is 19.6 Å². The van der Waals surface area contributed by atoms with Crippen molar-refractivity contribution in [1.82, 2.24) is 14.8 Å². The number of hydrogen-bond acceptors (Lipinski definition) is 4. The van der Waals surface area contributed by atoms with Crippen molar-refractivity contribution in [2.75, 3.05) is 45.6 Å². The molecule has 194 valence electrons. The summed E-state index contributed by atoms with van der Waals surface area (Å²) in [6.45, 7) is 5.36. The van der Waals surface area contributed by atoms with E-state index in [0.717, 1.165) is 31.7 Å². The van der Waals surface area contributed by atoms with Crippen LogP contribution in [0.25, 0.3) is 11.1 Å². The lowest BCUT2D eigenvalue weighted by Crippen LogP contribution is -2.44. The molecular formula is C28H31F3N6. The van der Waals surface area contributed by atoms with Crippen LogP contribution in [-0.4, -0.2) is 60.9 Å². The molecule has 0 atom stereocenters. The molecule has 1 fully saturated rings. The first kappa shape index (κ1) is 26.3. The highest BCUT2D eigenvalue weighted by Gasteiger charge is 2.34. The van der Waals surface area contributed by atoms with E-state index in [0.29, 0.717) is 33.6 Å². The molecule has 0 bridgehead atoms. The van der Waals surface area contributed by atoms with Crippen molar-refractivity contribution in [3.8, 4) is 23.0 Å². The number of hydrogen-bond donors (Lipinski definition) is 4. The van der Waals surface area contributed by atoms with Crippen LogP contribution in [0.15, 0.2) is 42.6 Å². The number of halogens is 3. The third-order valence-electron chi connectivity index (χ3n) is 6.71. The zero-order valence-electron chi connectivity index (χ0n) is 21.2. The van der Waals surface area contributed by atoms with Crippen LogP contribution in [0.4, 0.5) is 19.0 Å². The number of nitrogen functional groups attached to an aromatic ring is 1. The Labute approximate surface area is 215 Å². The van der Waals surface area contributed by atoms with Gasteiger partial charge in [-0.25, -0.2) is 0 Å². The fourth-order valence-corrected chi connectivity index (χ4v) is 4.47. The van der Waals surface area contributed by atoms with E-state index in [1.165, 1.54) is 6.07 Å². The van der Waals surface area contributed by atoms with Gasteiger partial charge in [0.2, 0.25) is 0 Å². The highest BCUT2D eigenvalue weighted by atomic mass is 19.4. The Bertz CT molecular complexity index is 1350. The van der Waals surface area contributed by atoms with Gasteiger partial charge in [0.1, 0.15) is 11.7 Å². The summed E-state index contributed by atoms with van der Waals surface area (Å²) in [7, 11) is 3.74. The van der Waals surface area contributed by atoms with Gasteiger partial charge in [-0.05, 0) is 48.4 Å². The predicted molar refractivity (Wildman–Crippen MR) is 142 cm³/mol. The number of benzene rings is 2. The van der Waals surface area contributed by atoms with Crippen LogP contribution in [0.5, 0.6) is 0 Å². The van der Waals surface area contributed by atoms with Crippen LogP contribution in [0.3, 0.4) is 0 Å². The van der Waals surface area contributed by atoms with E-state index in [1.807, 2.05) is 26.1 Å². The second-order valence-electron chi connectivity index (χ2n) is 9.34. The molecule has 0 saturated carbocycles. The van der Waals surface area contributed by atoms with Crippen LogP contribution in [-0.2, 0) is 12.7 Å². The van der Waals surface area contributed by atoms with E-state index in [-0.39, 0.29) is 17.9 Å². The molecule has 1 aliphatic rings. The molecule has 1 aliphatic heterocycles. The molecule has 37 heavy (non-hydrogen) atoms. The van der Waals surface area contributed by atoms with E-state index in [2.05, 4.69) is 31.9 Å². The number of nitrogens with zero attached hydrogens (tertiary/aromatic N) is 2. The number of nitrogens with one attached hydrogen (secondary N) is 3. The monoisotopic (exact) mass is 508 g/mol.